The van der Waals surface area contributed by atoms with Crippen molar-refractivity contribution in [1.29, 1.82) is 0 Å². The fourth-order valence-electron chi connectivity index (χ4n) is 2.91. The molecule has 3 nitrogen and oxygen atoms in total. The summed E-state index contributed by atoms with van der Waals surface area (Å²) in [5.41, 5.74) is 6.55. The molecule has 1 saturated heterocycles. The number of rotatable bonds is 4. The van der Waals surface area contributed by atoms with Crippen LogP contribution in [0, 0.1) is 11.7 Å². The Labute approximate surface area is 120 Å². The predicted octanol–water partition coefficient (Wildman–Crippen LogP) is 2.52. The van der Waals surface area contributed by atoms with E-state index in [0.717, 1.165) is 31.5 Å². The van der Waals surface area contributed by atoms with Crippen molar-refractivity contribution in [3.8, 4) is 0 Å². The zero-order valence-corrected chi connectivity index (χ0v) is 12.2. The lowest BCUT2D eigenvalue weighted by Gasteiger charge is -2.38. The summed E-state index contributed by atoms with van der Waals surface area (Å²) in [6.07, 6.45) is 1.89. The van der Waals surface area contributed by atoms with Crippen molar-refractivity contribution in [1.82, 2.24) is 4.90 Å². The molecule has 2 N–H and O–H groups in total. The Hall–Kier alpha value is -1.42. The van der Waals surface area contributed by atoms with Gasteiger partial charge in [0.15, 0.2) is 0 Å². The van der Waals surface area contributed by atoms with Crippen LogP contribution >= 0.6 is 0 Å². The summed E-state index contributed by atoms with van der Waals surface area (Å²) in [6.45, 7) is 5.93. The first-order chi connectivity index (χ1) is 9.47. The Bertz CT molecular complexity index is 460. The summed E-state index contributed by atoms with van der Waals surface area (Å²) in [7, 11) is 0. The molecule has 0 spiro atoms. The number of carbonyl (C=O) groups is 1. The van der Waals surface area contributed by atoms with Gasteiger partial charge in [-0.15, -0.1) is 0 Å². The number of halogens is 1. The van der Waals surface area contributed by atoms with E-state index in [1.807, 2.05) is 12.1 Å². The molecule has 0 saturated carbocycles. The first kappa shape index (κ1) is 15.0. The number of nitrogens with zero attached hydrogens (tertiary/aromatic N) is 1. The van der Waals surface area contributed by atoms with Gasteiger partial charge in [-0.25, -0.2) is 4.39 Å². The zero-order chi connectivity index (χ0) is 14.7. The van der Waals surface area contributed by atoms with E-state index >= 15 is 0 Å². The van der Waals surface area contributed by atoms with E-state index in [2.05, 4.69) is 18.7 Å². The second-order valence-corrected chi connectivity index (χ2v) is 5.93. The van der Waals surface area contributed by atoms with Crippen LogP contribution in [0.4, 0.5) is 4.39 Å². The molecule has 0 unspecified atom stereocenters. The van der Waals surface area contributed by atoms with Crippen molar-refractivity contribution in [2.45, 2.75) is 38.6 Å². The number of likely N-dealkylation sites (tertiary alicyclic amines) is 1. The molecule has 0 bridgehead atoms. The molecular formula is C16H23FN2O. The molecular weight excluding hydrogens is 255 g/mol. The highest BCUT2D eigenvalue weighted by Gasteiger charge is 2.29. The minimum absolute atomic E-state index is 0.0355. The monoisotopic (exact) mass is 278 g/mol. The molecule has 1 aromatic carbocycles. The maximum atomic E-state index is 12.9. The van der Waals surface area contributed by atoms with Crippen molar-refractivity contribution in [3.63, 3.8) is 0 Å². The highest BCUT2D eigenvalue weighted by atomic mass is 19.1. The lowest BCUT2D eigenvalue weighted by molar-refractivity contribution is -0.124. The Kier molecular flexibility index (Phi) is 4.76. The lowest BCUT2D eigenvalue weighted by Crippen LogP contribution is -2.46. The Balaban J connectivity index is 2.00. The van der Waals surface area contributed by atoms with Crippen molar-refractivity contribution in [2.75, 3.05) is 13.1 Å². The first-order valence-electron chi connectivity index (χ1n) is 7.26. The molecule has 1 aliphatic rings. The average Bonchev–Trinajstić information content (AvgIpc) is 2.41. The minimum atomic E-state index is -0.207. The fraction of sp³-hybridized carbons (Fsp3) is 0.562. The Morgan fingerprint density at radius 2 is 2.05 bits per heavy atom. The molecule has 0 aromatic heterocycles. The third kappa shape index (κ3) is 3.57. The van der Waals surface area contributed by atoms with Gasteiger partial charge in [-0.05, 0) is 43.4 Å². The Morgan fingerprint density at radius 1 is 1.40 bits per heavy atom. The van der Waals surface area contributed by atoms with E-state index in [-0.39, 0.29) is 17.6 Å². The predicted molar refractivity (Wildman–Crippen MR) is 77.8 cm³/mol. The molecule has 20 heavy (non-hydrogen) atoms. The van der Waals surface area contributed by atoms with Crippen LogP contribution in [-0.2, 0) is 4.79 Å². The molecule has 0 aliphatic carbocycles. The third-order valence-electron chi connectivity index (χ3n) is 4.36. The van der Waals surface area contributed by atoms with Crippen LogP contribution in [0.15, 0.2) is 24.3 Å². The van der Waals surface area contributed by atoms with Crippen LogP contribution in [0.2, 0.25) is 0 Å². The number of primary amides is 1. The van der Waals surface area contributed by atoms with E-state index in [4.69, 9.17) is 5.73 Å². The van der Waals surface area contributed by atoms with Gasteiger partial charge in [0.05, 0.1) is 5.92 Å². The largest absolute Gasteiger partial charge is 0.369 e. The van der Waals surface area contributed by atoms with E-state index in [1.165, 1.54) is 12.1 Å². The molecule has 1 aromatic rings. The number of hydrogen-bond acceptors (Lipinski definition) is 2. The molecule has 1 heterocycles. The number of carbonyl (C=O) groups excluding carboxylic acids is 1. The number of nitrogens with two attached hydrogens (primary N) is 1. The molecule has 4 heteroatoms. The van der Waals surface area contributed by atoms with Gasteiger partial charge >= 0.3 is 0 Å². The standard InChI is InChI=1S/C16H23FN2O/c1-11(13-5-7-15(17)8-6-13)9-19-10-14(16(18)20)4-3-12(19)2/h5-8,11-12,14H,3-4,9-10H2,1-2H3,(H2,18,20)/t11-,12-,14-/m1/s1. The van der Waals surface area contributed by atoms with Crippen molar-refractivity contribution in [2.24, 2.45) is 11.7 Å². The van der Waals surface area contributed by atoms with Crippen molar-refractivity contribution >= 4 is 5.91 Å². The molecule has 1 fully saturated rings. The first-order valence-corrected chi connectivity index (χ1v) is 7.26. The fourth-order valence-corrected chi connectivity index (χ4v) is 2.91. The van der Waals surface area contributed by atoms with Gasteiger partial charge in [0.2, 0.25) is 5.91 Å². The van der Waals surface area contributed by atoms with Gasteiger partial charge < -0.3 is 5.73 Å². The molecule has 0 radical (unpaired) electrons. The quantitative estimate of drug-likeness (QED) is 0.920. The summed E-state index contributed by atoms with van der Waals surface area (Å²) < 4.78 is 12.9. The van der Waals surface area contributed by atoms with Crippen LogP contribution in [0.25, 0.3) is 0 Å². The molecule has 1 amide bonds. The van der Waals surface area contributed by atoms with Crippen LogP contribution in [-0.4, -0.2) is 29.9 Å². The molecule has 3 atom stereocenters. The van der Waals surface area contributed by atoms with Gasteiger partial charge in [-0.2, -0.15) is 0 Å². The summed E-state index contributed by atoms with van der Waals surface area (Å²) in [5.74, 6) is -0.131. The highest BCUT2D eigenvalue weighted by Crippen LogP contribution is 2.25. The van der Waals surface area contributed by atoms with Gasteiger partial charge in [0, 0.05) is 19.1 Å². The second-order valence-electron chi connectivity index (χ2n) is 5.93. The number of benzene rings is 1. The molecule has 1 aliphatic heterocycles. The van der Waals surface area contributed by atoms with Gasteiger partial charge in [-0.1, -0.05) is 19.1 Å². The third-order valence-corrected chi connectivity index (χ3v) is 4.36. The number of amides is 1. The summed E-state index contributed by atoms with van der Waals surface area (Å²) in [5, 5.41) is 0. The van der Waals surface area contributed by atoms with E-state index < -0.39 is 0 Å². The maximum Gasteiger partial charge on any atom is 0.221 e. The topological polar surface area (TPSA) is 46.3 Å². The summed E-state index contributed by atoms with van der Waals surface area (Å²) in [4.78, 5) is 13.7. The van der Waals surface area contributed by atoms with Crippen LogP contribution < -0.4 is 5.73 Å². The number of piperidine rings is 1. The van der Waals surface area contributed by atoms with E-state index in [1.54, 1.807) is 0 Å². The van der Waals surface area contributed by atoms with E-state index in [0.29, 0.717) is 12.0 Å². The second kappa shape index (κ2) is 6.35. The Morgan fingerprint density at radius 3 is 2.65 bits per heavy atom. The van der Waals surface area contributed by atoms with Crippen molar-refractivity contribution in [3.05, 3.63) is 35.6 Å². The number of hydrogen-bond donors (Lipinski definition) is 1. The average molecular weight is 278 g/mol. The molecule has 2 rings (SSSR count). The summed E-state index contributed by atoms with van der Waals surface area (Å²) >= 11 is 0. The maximum absolute atomic E-state index is 12.9. The van der Waals surface area contributed by atoms with Crippen LogP contribution in [0.3, 0.4) is 0 Å². The smallest absolute Gasteiger partial charge is 0.221 e. The SMILES string of the molecule is C[C@H](CN1C[C@H](C(N)=O)CC[C@H]1C)c1ccc(F)cc1. The van der Waals surface area contributed by atoms with E-state index in [9.17, 15) is 9.18 Å². The molecule has 110 valence electrons. The van der Waals surface area contributed by atoms with Crippen LogP contribution in [0.5, 0.6) is 0 Å². The summed E-state index contributed by atoms with van der Waals surface area (Å²) in [6, 6.07) is 7.13. The zero-order valence-electron chi connectivity index (χ0n) is 12.2. The minimum Gasteiger partial charge on any atom is -0.369 e. The van der Waals surface area contributed by atoms with Gasteiger partial charge in [0.1, 0.15) is 5.82 Å². The lowest BCUT2D eigenvalue weighted by atomic mass is 9.91. The van der Waals surface area contributed by atoms with Gasteiger partial charge in [0.25, 0.3) is 0 Å². The van der Waals surface area contributed by atoms with Crippen LogP contribution in [0.1, 0.15) is 38.2 Å². The normalized spacial score (nSPS) is 25.4. The highest BCUT2D eigenvalue weighted by molar-refractivity contribution is 5.76. The van der Waals surface area contributed by atoms with Gasteiger partial charge in [-0.3, -0.25) is 9.69 Å². The van der Waals surface area contributed by atoms with Crippen molar-refractivity contribution < 1.29 is 9.18 Å².